The summed E-state index contributed by atoms with van der Waals surface area (Å²) in [5.41, 5.74) is -0.978. The minimum Gasteiger partial charge on any atom is -0.479 e. The summed E-state index contributed by atoms with van der Waals surface area (Å²) >= 11 is 0. The lowest BCUT2D eigenvalue weighted by Gasteiger charge is -2.65. The molecule has 5 nitrogen and oxygen atoms in total. The van der Waals surface area contributed by atoms with Crippen LogP contribution in [0.1, 0.15) is 58.8 Å². The molecule has 25 heavy (non-hydrogen) atoms. The highest BCUT2D eigenvalue weighted by Crippen LogP contribution is 2.73. The first-order valence-corrected chi connectivity index (χ1v) is 9.60. The second-order valence-electron chi connectivity index (χ2n) is 9.54. The van der Waals surface area contributed by atoms with Crippen LogP contribution in [0.25, 0.3) is 0 Å². The molecule has 0 aromatic carbocycles. The van der Waals surface area contributed by atoms with E-state index in [0.717, 1.165) is 19.3 Å². The maximum atomic E-state index is 11.7. The predicted molar refractivity (Wildman–Crippen MR) is 91.7 cm³/mol. The summed E-state index contributed by atoms with van der Waals surface area (Å²) in [5, 5.41) is 41.0. The number of carbonyl (C=O) groups is 1. The summed E-state index contributed by atoms with van der Waals surface area (Å²) in [6, 6.07) is 0. The average Bonchev–Trinajstić information content (AvgIpc) is 2.92. The molecule has 1 spiro atoms. The van der Waals surface area contributed by atoms with Crippen molar-refractivity contribution in [2.75, 3.05) is 6.61 Å². The van der Waals surface area contributed by atoms with Crippen LogP contribution in [0.3, 0.4) is 0 Å². The standard InChI is InChI=1S/C20H30O5/c1-17(11-21)14-4-3-12-9-13-10-19(12,7-8-20(13,25)16(23)24)18(14,2)6-5-15(17)22/h9,13-15,21-22,25H,3-8,10-11H2,1-2H3,(H,23,24)/t13-,14+,15-,17+,18+,19+,20-/m1/s1. The summed E-state index contributed by atoms with van der Waals surface area (Å²) in [7, 11) is 0. The number of hydrogen-bond acceptors (Lipinski definition) is 4. The molecular weight excluding hydrogens is 320 g/mol. The predicted octanol–water partition coefficient (Wildman–Crippen LogP) is 2.10. The molecule has 0 amide bonds. The number of carboxylic acids is 1. The van der Waals surface area contributed by atoms with Crippen LogP contribution in [-0.2, 0) is 4.79 Å². The molecule has 4 N–H and O–H groups in total. The third-order valence-corrected chi connectivity index (χ3v) is 8.90. The van der Waals surface area contributed by atoms with Gasteiger partial charge < -0.3 is 20.4 Å². The second kappa shape index (κ2) is 5.08. The molecule has 0 heterocycles. The molecule has 0 aliphatic heterocycles. The van der Waals surface area contributed by atoms with Gasteiger partial charge in [-0.1, -0.05) is 25.5 Å². The van der Waals surface area contributed by atoms with Crippen molar-refractivity contribution < 1.29 is 25.2 Å². The number of aliphatic hydroxyl groups is 3. The SMILES string of the molecule is C[C@@]1(CO)[C@H](O)CC[C@@]2(C)[C@H]1CCC1=C[C@@H]3C[C@@]12CC[C@]3(O)C(=O)O. The van der Waals surface area contributed by atoms with Crippen molar-refractivity contribution in [1.29, 1.82) is 0 Å². The van der Waals surface area contributed by atoms with Crippen molar-refractivity contribution in [3.05, 3.63) is 11.6 Å². The van der Waals surface area contributed by atoms with E-state index in [0.29, 0.717) is 19.3 Å². The Morgan fingerprint density at radius 3 is 2.60 bits per heavy atom. The van der Waals surface area contributed by atoms with Crippen LogP contribution in [-0.4, -0.2) is 44.7 Å². The van der Waals surface area contributed by atoms with E-state index in [1.54, 1.807) is 0 Å². The largest absolute Gasteiger partial charge is 0.479 e. The Bertz CT molecular complexity index is 644. The van der Waals surface area contributed by atoms with Gasteiger partial charge in [0.1, 0.15) is 0 Å². The highest BCUT2D eigenvalue weighted by molar-refractivity contribution is 5.78. The molecule has 2 bridgehead atoms. The van der Waals surface area contributed by atoms with Crippen LogP contribution in [0.2, 0.25) is 0 Å². The van der Waals surface area contributed by atoms with Gasteiger partial charge in [0.2, 0.25) is 0 Å². The number of hydrogen-bond donors (Lipinski definition) is 4. The Morgan fingerprint density at radius 2 is 1.96 bits per heavy atom. The van der Waals surface area contributed by atoms with Crippen molar-refractivity contribution >= 4 is 5.97 Å². The Kier molecular flexibility index (Phi) is 3.56. The minimum atomic E-state index is -1.64. The Balaban J connectivity index is 1.78. The van der Waals surface area contributed by atoms with Crippen molar-refractivity contribution in [3.8, 4) is 0 Å². The first-order valence-electron chi connectivity index (χ1n) is 9.60. The molecule has 7 atom stereocenters. The molecule has 5 heteroatoms. The third kappa shape index (κ3) is 1.87. The number of aliphatic carboxylic acids is 1. The zero-order valence-electron chi connectivity index (χ0n) is 15.2. The highest BCUT2D eigenvalue weighted by atomic mass is 16.4. The van der Waals surface area contributed by atoms with E-state index in [1.807, 2.05) is 6.92 Å². The topological polar surface area (TPSA) is 98.0 Å². The third-order valence-electron chi connectivity index (χ3n) is 8.90. The first kappa shape index (κ1) is 17.5. The van der Waals surface area contributed by atoms with E-state index in [-0.39, 0.29) is 35.7 Å². The van der Waals surface area contributed by atoms with Crippen molar-refractivity contribution in [1.82, 2.24) is 0 Å². The molecule has 4 aliphatic carbocycles. The molecule has 0 unspecified atom stereocenters. The van der Waals surface area contributed by atoms with Gasteiger partial charge in [0.05, 0.1) is 12.7 Å². The maximum Gasteiger partial charge on any atom is 0.336 e. The summed E-state index contributed by atoms with van der Waals surface area (Å²) < 4.78 is 0. The second-order valence-corrected chi connectivity index (χ2v) is 9.54. The average molecular weight is 350 g/mol. The van der Waals surface area contributed by atoms with Gasteiger partial charge in [-0.3, -0.25) is 0 Å². The number of rotatable bonds is 2. The monoisotopic (exact) mass is 350 g/mol. The normalized spacial score (nSPS) is 54.4. The van der Waals surface area contributed by atoms with E-state index in [1.165, 1.54) is 5.57 Å². The van der Waals surface area contributed by atoms with Crippen LogP contribution in [0.5, 0.6) is 0 Å². The summed E-state index contributed by atoms with van der Waals surface area (Å²) in [6.45, 7) is 4.28. The van der Waals surface area contributed by atoms with E-state index < -0.39 is 23.1 Å². The fraction of sp³-hybridized carbons (Fsp3) is 0.850. The number of fused-ring (bicyclic) bond motifs is 2. The van der Waals surface area contributed by atoms with E-state index in [4.69, 9.17) is 0 Å². The molecule has 4 rings (SSSR count). The van der Waals surface area contributed by atoms with Gasteiger partial charge in [0, 0.05) is 11.3 Å². The van der Waals surface area contributed by atoms with Gasteiger partial charge in [0.25, 0.3) is 0 Å². The number of allylic oxidation sites excluding steroid dienone is 1. The molecule has 0 aromatic heterocycles. The van der Waals surface area contributed by atoms with Crippen LogP contribution in [0.4, 0.5) is 0 Å². The summed E-state index contributed by atoms with van der Waals surface area (Å²) in [6.07, 6.45) is 6.59. The van der Waals surface area contributed by atoms with Gasteiger partial charge in [-0.05, 0) is 61.7 Å². The lowest BCUT2D eigenvalue weighted by molar-refractivity contribution is -0.197. The van der Waals surface area contributed by atoms with Crippen molar-refractivity contribution in [2.45, 2.75) is 70.5 Å². The maximum absolute atomic E-state index is 11.7. The van der Waals surface area contributed by atoms with Gasteiger partial charge in [-0.2, -0.15) is 0 Å². The number of carboxylic acid groups (broad SMARTS) is 1. The van der Waals surface area contributed by atoms with Crippen molar-refractivity contribution in [2.24, 2.45) is 28.1 Å². The molecule has 0 aromatic rings. The van der Waals surface area contributed by atoms with Gasteiger partial charge in [-0.25, -0.2) is 4.79 Å². The van der Waals surface area contributed by atoms with Gasteiger partial charge >= 0.3 is 5.97 Å². The molecule has 0 radical (unpaired) electrons. The fourth-order valence-electron chi connectivity index (χ4n) is 7.24. The molecule has 3 saturated carbocycles. The van der Waals surface area contributed by atoms with Crippen LogP contribution < -0.4 is 0 Å². The molecule has 3 fully saturated rings. The number of aliphatic hydroxyl groups excluding tert-OH is 2. The van der Waals surface area contributed by atoms with E-state index >= 15 is 0 Å². The van der Waals surface area contributed by atoms with Crippen LogP contribution in [0.15, 0.2) is 11.6 Å². The zero-order valence-corrected chi connectivity index (χ0v) is 15.2. The van der Waals surface area contributed by atoms with Crippen LogP contribution in [0, 0.1) is 28.1 Å². The lowest BCUT2D eigenvalue weighted by Crippen LogP contribution is -2.62. The Labute approximate surface area is 148 Å². The lowest BCUT2D eigenvalue weighted by atomic mass is 9.39. The quantitative estimate of drug-likeness (QED) is 0.572. The Morgan fingerprint density at radius 1 is 1.24 bits per heavy atom. The van der Waals surface area contributed by atoms with E-state index in [2.05, 4.69) is 13.0 Å². The van der Waals surface area contributed by atoms with E-state index in [9.17, 15) is 25.2 Å². The molecule has 140 valence electrons. The minimum absolute atomic E-state index is 0.0218. The molecule has 0 saturated heterocycles. The van der Waals surface area contributed by atoms with Crippen molar-refractivity contribution in [3.63, 3.8) is 0 Å². The summed E-state index contributed by atoms with van der Waals surface area (Å²) in [5.74, 6) is -1.22. The zero-order chi connectivity index (χ0) is 18.3. The van der Waals surface area contributed by atoms with Crippen LogP contribution >= 0.6 is 0 Å². The van der Waals surface area contributed by atoms with Gasteiger partial charge in [0.15, 0.2) is 5.60 Å². The smallest absolute Gasteiger partial charge is 0.336 e. The molecule has 4 aliphatic rings. The summed E-state index contributed by atoms with van der Waals surface area (Å²) in [4.78, 5) is 11.7. The highest BCUT2D eigenvalue weighted by Gasteiger charge is 2.69. The first-order chi connectivity index (χ1) is 11.6. The fourth-order valence-corrected chi connectivity index (χ4v) is 7.24. The Hall–Kier alpha value is -0.910. The molecular formula is C20H30O5. The van der Waals surface area contributed by atoms with Gasteiger partial charge in [-0.15, -0.1) is 0 Å².